The molecule has 0 aromatic heterocycles. The van der Waals surface area contributed by atoms with Gasteiger partial charge in [-0.15, -0.1) is 0 Å². The van der Waals surface area contributed by atoms with Crippen molar-refractivity contribution in [2.75, 3.05) is 13.1 Å². The highest BCUT2D eigenvalue weighted by Crippen LogP contribution is 2.06. The maximum Gasteiger partial charge on any atom is 0.312 e. The van der Waals surface area contributed by atoms with Crippen LogP contribution in [0.2, 0.25) is 0 Å². The zero-order valence-corrected chi connectivity index (χ0v) is 9.77. The molecule has 0 saturated heterocycles. The van der Waals surface area contributed by atoms with Crippen molar-refractivity contribution in [3.63, 3.8) is 0 Å². The van der Waals surface area contributed by atoms with Gasteiger partial charge in [-0.2, -0.15) is 0 Å². The van der Waals surface area contributed by atoms with Crippen LogP contribution in [0.1, 0.15) is 19.8 Å². The van der Waals surface area contributed by atoms with E-state index in [4.69, 9.17) is 16.7 Å². The Bertz CT molecular complexity index is 292. The lowest BCUT2D eigenvalue weighted by atomic mass is 10.0. The van der Waals surface area contributed by atoms with E-state index >= 15 is 0 Å². The molecule has 0 aromatic rings. The third kappa shape index (κ3) is 6.23. The summed E-state index contributed by atoms with van der Waals surface area (Å²) < 4.78 is 0. The quantitative estimate of drug-likeness (QED) is 0.128. The van der Waals surface area contributed by atoms with Crippen molar-refractivity contribution in [1.82, 2.24) is 10.6 Å². The fourth-order valence-corrected chi connectivity index (χ4v) is 1.27. The second-order valence-corrected chi connectivity index (χ2v) is 3.45. The average molecular weight is 245 g/mol. The Morgan fingerprint density at radius 2 is 1.88 bits per heavy atom. The zero-order valence-electron chi connectivity index (χ0n) is 9.77. The first-order chi connectivity index (χ1) is 8.02. The standard InChI is InChI=1S/C9H19N5O3/c1-2-3-6(7(10)14-17)8(15)12-4-5-13-9(11)16/h6,17H,2-5H2,1H3,(H2,10,14)(H,12,15)(H3,11,13,16). The van der Waals surface area contributed by atoms with Gasteiger partial charge in [-0.3, -0.25) is 4.79 Å². The Labute approximate surface area is 99.4 Å². The van der Waals surface area contributed by atoms with Crippen molar-refractivity contribution < 1.29 is 14.8 Å². The van der Waals surface area contributed by atoms with Gasteiger partial charge in [0.2, 0.25) is 5.91 Å². The molecule has 3 amide bonds. The first kappa shape index (κ1) is 15.0. The Kier molecular flexibility index (Phi) is 7.24. The predicted molar refractivity (Wildman–Crippen MR) is 62.4 cm³/mol. The number of nitrogens with one attached hydrogen (secondary N) is 2. The summed E-state index contributed by atoms with van der Waals surface area (Å²) in [4.78, 5) is 22.0. The van der Waals surface area contributed by atoms with Crippen LogP contribution in [0.3, 0.4) is 0 Å². The average Bonchev–Trinajstić information content (AvgIpc) is 2.30. The summed E-state index contributed by atoms with van der Waals surface area (Å²) in [6, 6.07) is -0.652. The maximum atomic E-state index is 11.7. The molecule has 8 heteroatoms. The second kappa shape index (κ2) is 8.20. The molecule has 0 rings (SSSR count). The van der Waals surface area contributed by atoms with Crippen molar-refractivity contribution in [2.45, 2.75) is 19.8 Å². The van der Waals surface area contributed by atoms with E-state index in [9.17, 15) is 9.59 Å². The van der Waals surface area contributed by atoms with Crippen LogP contribution in [0.15, 0.2) is 5.16 Å². The van der Waals surface area contributed by atoms with Crippen molar-refractivity contribution in [3.05, 3.63) is 0 Å². The highest BCUT2D eigenvalue weighted by atomic mass is 16.4. The number of rotatable bonds is 7. The van der Waals surface area contributed by atoms with Crippen LogP contribution >= 0.6 is 0 Å². The molecule has 0 bridgehead atoms. The van der Waals surface area contributed by atoms with E-state index in [1.165, 1.54) is 0 Å². The number of urea groups is 1. The summed E-state index contributed by atoms with van der Waals surface area (Å²) >= 11 is 0. The molecule has 98 valence electrons. The van der Waals surface area contributed by atoms with Gasteiger partial charge in [0.15, 0.2) is 5.84 Å². The number of nitrogens with two attached hydrogens (primary N) is 2. The Morgan fingerprint density at radius 1 is 1.29 bits per heavy atom. The number of nitrogens with zero attached hydrogens (tertiary/aromatic N) is 1. The molecule has 0 aliphatic rings. The molecule has 7 N–H and O–H groups in total. The minimum Gasteiger partial charge on any atom is -0.409 e. The molecule has 0 aromatic carbocycles. The number of carbonyl (C=O) groups excluding carboxylic acids is 2. The van der Waals surface area contributed by atoms with E-state index in [-0.39, 0.29) is 24.8 Å². The van der Waals surface area contributed by atoms with Gasteiger partial charge in [-0.25, -0.2) is 4.79 Å². The molecule has 0 saturated carbocycles. The fraction of sp³-hybridized carbons (Fsp3) is 0.667. The molecular formula is C9H19N5O3. The van der Waals surface area contributed by atoms with Crippen molar-refractivity contribution >= 4 is 17.8 Å². The molecule has 0 spiro atoms. The topological polar surface area (TPSA) is 143 Å². The summed E-state index contributed by atoms with van der Waals surface area (Å²) in [7, 11) is 0. The van der Waals surface area contributed by atoms with E-state index in [1.807, 2.05) is 6.92 Å². The summed E-state index contributed by atoms with van der Waals surface area (Å²) in [5.41, 5.74) is 10.3. The minimum absolute atomic E-state index is 0.118. The number of carbonyl (C=O) groups is 2. The molecule has 0 heterocycles. The molecule has 8 nitrogen and oxygen atoms in total. The lowest BCUT2D eigenvalue weighted by Gasteiger charge is -2.14. The molecule has 0 fully saturated rings. The number of oxime groups is 1. The molecule has 0 aliphatic carbocycles. The summed E-state index contributed by atoms with van der Waals surface area (Å²) in [5.74, 6) is -1.11. The third-order valence-corrected chi connectivity index (χ3v) is 2.09. The van der Waals surface area contributed by atoms with E-state index in [0.717, 1.165) is 6.42 Å². The van der Waals surface area contributed by atoms with E-state index in [0.29, 0.717) is 6.42 Å². The van der Waals surface area contributed by atoms with Crippen molar-refractivity contribution in [3.8, 4) is 0 Å². The van der Waals surface area contributed by atoms with Gasteiger partial charge >= 0.3 is 6.03 Å². The zero-order chi connectivity index (χ0) is 13.3. The molecule has 0 aliphatic heterocycles. The Balaban J connectivity index is 4.11. The SMILES string of the molecule is CCCC(C(=O)NCCNC(N)=O)C(N)=NO. The Morgan fingerprint density at radius 3 is 2.35 bits per heavy atom. The largest absolute Gasteiger partial charge is 0.409 e. The van der Waals surface area contributed by atoms with Gasteiger partial charge in [0.1, 0.15) is 0 Å². The van der Waals surface area contributed by atoms with Crippen LogP contribution < -0.4 is 22.1 Å². The Hall–Kier alpha value is -1.99. The van der Waals surface area contributed by atoms with Crippen LogP contribution in [-0.4, -0.2) is 36.1 Å². The summed E-state index contributed by atoms with van der Waals surface area (Å²) in [5, 5.41) is 16.2. The van der Waals surface area contributed by atoms with E-state index in [2.05, 4.69) is 15.8 Å². The summed E-state index contributed by atoms with van der Waals surface area (Å²) in [6.45, 7) is 2.36. The van der Waals surface area contributed by atoms with E-state index < -0.39 is 11.9 Å². The van der Waals surface area contributed by atoms with E-state index in [1.54, 1.807) is 0 Å². The molecule has 1 atom stereocenters. The van der Waals surface area contributed by atoms with Crippen LogP contribution in [0.4, 0.5) is 4.79 Å². The number of primary amides is 1. The fourth-order valence-electron chi connectivity index (χ4n) is 1.27. The lowest BCUT2D eigenvalue weighted by Crippen LogP contribution is -2.42. The molecular weight excluding hydrogens is 226 g/mol. The normalized spacial score (nSPS) is 12.9. The summed E-state index contributed by atoms with van der Waals surface area (Å²) in [6.07, 6.45) is 1.22. The lowest BCUT2D eigenvalue weighted by molar-refractivity contribution is -0.123. The number of hydrogen-bond donors (Lipinski definition) is 5. The van der Waals surface area contributed by atoms with Crippen molar-refractivity contribution in [1.29, 1.82) is 0 Å². The molecule has 1 unspecified atom stereocenters. The predicted octanol–water partition coefficient (Wildman–Crippen LogP) is -1.07. The maximum absolute atomic E-state index is 11.7. The third-order valence-electron chi connectivity index (χ3n) is 2.09. The molecule has 0 radical (unpaired) electrons. The number of amides is 3. The molecule has 17 heavy (non-hydrogen) atoms. The van der Waals surface area contributed by atoms with Gasteiger partial charge in [-0.1, -0.05) is 18.5 Å². The van der Waals surface area contributed by atoms with Crippen LogP contribution in [0.5, 0.6) is 0 Å². The number of hydrogen-bond acceptors (Lipinski definition) is 4. The minimum atomic E-state index is -0.654. The van der Waals surface area contributed by atoms with Crippen molar-refractivity contribution in [2.24, 2.45) is 22.5 Å². The first-order valence-corrected chi connectivity index (χ1v) is 5.31. The highest BCUT2D eigenvalue weighted by molar-refractivity contribution is 6.02. The van der Waals surface area contributed by atoms with Gasteiger partial charge < -0.3 is 27.3 Å². The van der Waals surface area contributed by atoms with Gasteiger partial charge in [0.05, 0.1) is 5.92 Å². The first-order valence-electron chi connectivity index (χ1n) is 5.31. The van der Waals surface area contributed by atoms with Crippen LogP contribution in [0, 0.1) is 5.92 Å². The van der Waals surface area contributed by atoms with Gasteiger partial charge in [-0.05, 0) is 6.42 Å². The van der Waals surface area contributed by atoms with Gasteiger partial charge in [0.25, 0.3) is 0 Å². The second-order valence-electron chi connectivity index (χ2n) is 3.45. The highest BCUT2D eigenvalue weighted by Gasteiger charge is 2.21. The van der Waals surface area contributed by atoms with Gasteiger partial charge in [0, 0.05) is 13.1 Å². The van der Waals surface area contributed by atoms with Crippen LogP contribution in [0.25, 0.3) is 0 Å². The smallest absolute Gasteiger partial charge is 0.312 e. The monoisotopic (exact) mass is 245 g/mol. The van der Waals surface area contributed by atoms with Crippen LogP contribution in [-0.2, 0) is 4.79 Å². The number of amidine groups is 1.